The van der Waals surface area contributed by atoms with Gasteiger partial charge in [-0.1, -0.05) is 18.2 Å². The van der Waals surface area contributed by atoms with E-state index in [-0.39, 0.29) is 11.7 Å². The molecule has 0 atom stereocenters. The summed E-state index contributed by atoms with van der Waals surface area (Å²) in [6.45, 7) is 0. The highest BCUT2D eigenvalue weighted by atomic mass is 32.1. The Hall–Kier alpha value is -1.94. The SMILES string of the molecule is CN(c1ccccc1)c1ccc(NC(=O)CS)cc1. The van der Waals surface area contributed by atoms with Crippen molar-refractivity contribution < 1.29 is 4.79 Å². The van der Waals surface area contributed by atoms with E-state index < -0.39 is 0 Å². The van der Waals surface area contributed by atoms with E-state index in [1.807, 2.05) is 49.5 Å². The van der Waals surface area contributed by atoms with Crippen molar-refractivity contribution in [1.82, 2.24) is 0 Å². The van der Waals surface area contributed by atoms with Crippen LogP contribution < -0.4 is 10.2 Å². The molecule has 0 bridgehead atoms. The van der Waals surface area contributed by atoms with Crippen LogP contribution in [0.5, 0.6) is 0 Å². The molecular formula is C15H16N2OS. The molecule has 2 aromatic carbocycles. The molecule has 0 aliphatic heterocycles. The average Bonchev–Trinajstić information content (AvgIpc) is 2.48. The minimum atomic E-state index is -0.104. The Balaban J connectivity index is 2.12. The molecule has 19 heavy (non-hydrogen) atoms. The first-order valence-corrected chi connectivity index (χ1v) is 6.63. The number of hydrogen-bond acceptors (Lipinski definition) is 3. The maximum Gasteiger partial charge on any atom is 0.234 e. The largest absolute Gasteiger partial charge is 0.345 e. The van der Waals surface area contributed by atoms with Crippen LogP contribution >= 0.6 is 12.6 Å². The monoisotopic (exact) mass is 272 g/mol. The molecule has 2 rings (SSSR count). The van der Waals surface area contributed by atoms with Crippen molar-refractivity contribution in [2.24, 2.45) is 0 Å². The van der Waals surface area contributed by atoms with E-state index in [2.05, 4.69) is 35.0 Å². The quantitative estimate of drug-likeness (QED) is 0.837. The number of rotatable bonds is 4. The number of carbonyl (C=O) groups excluding carboxylic acids is 1. The van der Waals surface area contributed by atoms with E-state index in [0.717, 1.165) is 17.1 Å². The van der Waals surface area contributed by atoms with E-state index in [1.165, 1.54) is 0 Å². The van der Waals surface area contributed by atoms with Crippen molar-refractivity contribution in [3.8, 4) is 0 Å². The number of thiol groups is 1. The highest BCUT2D eigenvalue weighted by Crippen LogP contribution is 2.24. The van der Waals surface area contributed by atoms with Gasteiger partial charge >= 0.3 is 0 Å². The molecule has 0 aromatic heterocycles. The Kier molecular flexibility index (Phi) is 4.47. The second-order valence-electron chi connectivity index (χ2n) is 4.15. The van der Waals surface area contributed by atoms with Crippen molar-refractivity contribution in [3.63, 3.8) is 0 Å². The molecule has 0 aliphatic rings. The first-order chi connectivity index (χ1) is 9.20. The lowest BCUT2D eigenvalue weighted by Crippen LogP contribution is -2.13. The molecule has 1 N–H and O–H groups in total. The Bertz CT molecular complexity index is 540. The first-order valence-electron chi connectivity index (χ1n) is 6.00. The van der Waals surface area contributed by atoms with Crippen LogP contribution in [0.25, 0.3) is 0 Å². The smallest absolute Gasteiger partial charge is 0.234 e. The van der Waals surface area contributed by atoms with E-state index in [9.17, 15) is 4.79 Å². The topological polar surface area (TPSA) is 32.3 Å². The fraction of sp³-hybridized carbons (Fsp3) is 0.133. The molecule has 0 radical (unpaired) electrons. The summed E-state index contributed by atoms with van der Waals surface area (Å²) in [4.78, 5) is 13.3. The van der Waals surface area contributed by atoms with Crippen molar-refractivity contribution in [3.05, 3.63) is 54.6 Å². The van der Waals surface area contributed by atoms with Gasteiger partial charge in [-0.25, -0.2) is 0 Å². The number of amides is 1. The van der Waals surface area contributed by atoms with E-state index in [0.29, 0.717) is 0 Å². The van der Waals surface area contributed by atoms with Gasteiger partial charge in [-0.15, -0.1) is 0 Å². The summed E-state index contributed by atoms with van der Waals surface area (Å²) in [7, 11) is 2.01. The first kappa shape index (κ1) is 13.5. The zero-order chi connectivity index (χ0) is 13.7. The summed E-state index contributed by atoms with van der Waals surface area (Å²) < 4.78 is 0. The van der Waals surface area contributed by atoms with Crippen molar-refractivity contribution in [2.75, 3.05) is 23.0 Å². The van der Waals surface area contributed by atoms with Crippen molar-refractivity contribution in [1.29, 1.82) is 0 Å². The molecule has 0 spiro atoms. The van der Waals surface area contributed by atoms with Crippen molar-refractivity contribution in [2.45, 2.75) is 0 Å². The van der Waals surface area contributed by atoms with Gasteiger partial charge in [-0.05, 0) is 36.4 Å². The number of carbonyl (C=O) groups is 1. The molecule has 98 valence electrons. The third kappa shape index (κ3) is 3.51. The number of hydrogen-bond donors (Lipinski definition) is 2. The molecule has 0 unspecified atom stereocenters. The predicted molar refractivity (Wildman–Crippen MR) is 83.4 cm³/mol. The van der Waals surface area contributed by atoms with Crippen LogP contribution in [-0.4, -0.2) is 18.7 Å². The maximum absolute atomic E-state index is 11.2. The van der Waals surface area contributed by atoms with Gasteiger partial charge in [0.2, 0.25) is 5.91 Å². The lowest BCUT2D eigenvalue weighted by atomic mass is 10.2. The molecule has 2 aromatic rings. The minimum absolute atomic E-state index is 0.104. The molecule has 0 saturated carbocycles. The minimum Gasteiger partial charge on any atom is -0.345 e. The number of nitrogens with zero attached hydrogens (tertiary/aromatic N) is 1. The molecule has 0 heterocycles. The summed E-state index contributed by atoms with van der Waals surface area (Å²) >= 11 is 3.93. The lowest BCUT2D eigenvalue weighted by Gasteiger charge is -2.19. The van der Waals surface area contributed by atoms with Crippen LogP contribution in [0.1, 0.15) is 0 Å². The zero-order valence-corrected chi connectivity index (χ0v) is 11.6. The Morgan fingerprint density at radius 2 is 1.63 bits per heavy atom. The van der Waals surface area contributed by atoms with Gasteiger partial charge < -0.3 is 10.2 Å². The number of para-hydroxylation sites is 1. The van der Waals surface area contributed by atoms with Gasteiger partial charge in [0, 0.05) is 24.1 Å². The zero-order valence-electron chi connectivity index (χ0n) is 10.7. The van der Waals surface area contributed by atoms with E-state index in [1.54, 1.807) is 0 Å². The van der Waals surface area contributed by atoms with Crippen LogP contribution in [-0.2, 0) is 4.79 Å². The normalized spacial score (nSPS) is 10.0. The predicted octanol–water partition coefficient (Wildman–Crippen LogP) is 3.32. The van der Waals surface area contributed by atoms with Crippen molar-refractivity contribution >= 4 is 35.6 Å². The Labute approximate surface area is 118 Å². The van der Waals surface area contributed by atoms with Gasteiger partial charge in [0.15, 0.2) is 0 Å². The number of anilines is 3. The molecule has 0 saturated heterocycles. The molecule has 0 aliphatic carbocycles. The second-order valence-corrected chi connectivity index (χ2v) is 4.46. The lowest BCUT2D eigenvalue weighted by molar-refractivity contribution is -0.113. The van der Waals surface area contributed by atoms with Crippen LogP contribution in [0, 0.1) is 0 Å². The molecular weight excluding hydrogens is 256 g/mol. The maximum atomic E-state index is 11.2. The molecule has 1 amide bonds. The van der Waals surface area contributed by atoms with Gasteiger partial charge in [-0.3, -0.25) is 4.79 Å². The molecule has 0 fully saturated rings. The third-order valence-electron chi connectivity index (χ3n) is 2.83. The summed E-state index contributed by atoms with van der Waals surface area (Å²) in [6.07, 6.45) is 0. The van der Waals surface area contributed by atoms with Gasteiger partial charge in [0.1, 0.15) is 0 Å². The van der Waals surface area contributed by atoms with E-state index >= 15 is 0 Å². The molecule has 3 nitrogen and oxygen atoms in total. The highest BCUT2D eigenvalue weighted by molar-refractivity contribution is 7.81. The number of nitrogens with one attached hydrogen (secondary N) is 1. The summed E-state index contributed by atoms with van der Waals surface area (Å²) in [5.41, 5.74) is 2.97. The van der Waals surface area contributed by atoms with Crippen LogP contribution in [0.15, 0.2) is 54.6 Å². The fourth-order valence-corrected chi connectivity index (χ4v) is 1.85. The van der Waals surface area contributed by atoms with Crippen LogP contribution in [0.2, 0.25) is 0 Å². The standard InChI is InChI=1S/C15H16N2OS/c1-17(13-5-3-2-4-6-13)14-9-7-12(8-10-14)16-15(18)11-19/h2-10,19H,11H2,1H3,(H,16,18). The van der Waals surface area contributed by atoms with E-state index in [4.69, 9.17) is 0 Å². The third-order valence-corrected chi connectivity index (χ3v) is 3.11. The van der Waals surface area contributed by atoms with Gasteiger partial charge in [0.05, 0.1) is 5.75 Å². The van der Waals surface area contributed by atoms with Crippen LogP contribution in [0.4, 0.5) is 17.1 Å². The highest BCUT2D eigenvalue weighted by Gasteiger charge is 2.04. The average molecular weight is 272 g/mol. The second kappa shape index (κ2) is 6.29. The summed E-state index contributed by atoms with van der Waals surface area (Å²) in [5.74, 6) is 0.0820. The molecule has 4 heteroatoms. The number of benzene rings is 2. The van der Waals surface area contributed by atoms with Gasteiger partial charge in [0.25, 0.3) is 0 Å². The summed E-state index contributed by atoms with van der Waals surface area (Å²) in [6, 6.07) is 17.8. The van der Waals surface area contributed by atoms with Crippen LogP contribution in [0.3, 0.4) is 0 Å². The fourth-order valence-electron chi connectivity index (χ4n) is 1.77. The summed E-state index contributed by atoms with van der Waals surface area (Å²) in [5, 5.41) is 2.76. The Morgan fingerprint density at radius 3 is 2.21 bits per heavy atom. The van der Waals surface area contributed by atoms with Gasteiger partial charge in [-0.2, -0.15) is 12.6 Å². The Morgan fingerprint density at radius 1 is 1.05 bits per heavy atom.